The summed E-state index contributed by atoms with van der Waals surface area (Å²) in [6, 6.07) is 0. The maximum Gasteiger partial charge on any atom is 0.00938 e. The van der Waals surface area contributed by atoms with Gasteiger partial charge in [0.25, 0.3) is 0 Å². The summed E-state index contributed by atoms with van der Waals surface area (Å²) >= 11 is 0. The van der Waals surface area contributed by atoms with Crippen LogP contribution in [0.25, 0.3) is 0 Å². The molecule has 6 atom stereocenters. The molecule has 0 spiro atoms. The highest BCUT2D eigenvalue weighted by molar-refractivity contribution is 5.34. The second kappa shape index (κ2) is 5.36. The quantitative estimate of drug-likeness (QED) is 0.498. The molecule has 0 aliphatic heterocycles. The molecule has 0 aromatic rings. The largest absolute Gasteiger partial charge is 0.0845 e. The lowest BCUT2D eigenvalue weighted by Gasteiger charge is -2.57. The monoisotopic (exact) mass is 310 g/mol. The van der Waals surface area contributed by atoms with Crippen molar-refractivity contribution in [2.75, 3.05) is 0 Å². The van der Waals surface area contributed by atoms with Crippen molar-refractivity contribution in [2.24, 2.45) is 34.5 Å². The Hall–Kier alpha value is -0.780. The molecule has 23 heavy (non-hydrogen) atoms. The fraction of sp³-hybridized carbons (Fsp3) is 0.739. The molecular weight excluding hydrogens is 276 g/mol. The maximum absolute atomic E-state index is 2.63. The SMILES string of the molecule is CCC1=CCC2C3CCC4=C[C@@H](CC)C=C[C@]4(C)C3CC[C@]12C. The van der Waals surface area contributed by atoms with E-state index in [0.29, 0.717) is 16.7 Å². The lowest BCUT2D eigenvalue weighted by atomic mass is 9.47. The minimum Gasteiger partial charge on any atom is -0.0845 e. The Morgan fingerprint density at radius 1 is 1.13 bits per heavy atom. The smallest absolute Gasteiger partial charge is 0.00938 e. The first-order valence-electron chi connectivity index (χ1n) is 10.1. The molecular formula is C23H34. The molecule has 0 aromatic heterocycles. The highest BCUT2D eigenvalue weighted by Crippen LogP contribution is 2.65. The van der Waals surface area contributed by atoms with Crippen LogP contribution in [0.1, 0.15) is 72.6 Å². The third-order valence-electron chi connectivity index (χ3n) is 8.34. The maximum atomic E-state index is 2.63. The zero-order valence-electron chi connectivity index (χ0n) is 15.6. The second-order valence-electron chi connectivity index (χ2n) is 9.10. The molecule has 0 saturated heterocycles. The van der Waals surface area contributed by atoms with Crippen LogP contribution in [0, 0.1) is 34.5 Å². The molecule has 0 bridgehead atoms. The van der Waals surface area contributed by atoms with Crippen molar-refractivity contribution in [1.82, 2.24) is 0 Å². The van der Waals surface area contributed by atoms with Crippen LogP contribution in [-0.4, -0.2) is 0 Å². The first-order valence-corrected chi connectivity index (χ1v) is 10.1. The summed E-state index contributed by atoms with van der Waals surface area (Å²) in [4.78, 5) is 0. The van der Waals surface area contributed by atoms with Crippen LogP contribution < -0.4 is 0 Å². The van der Waals surface area contributed by atoms with Gasteiger partial charge in [0.15, 0.2) is 0 Å². The van der Waals surface area contributed by atoms with Gasteiger partial charge in [-0.15, -0.1) is 0 Å². The molecule has 126 valence electrons. The molecule has 0 heterocycles. The molecule has 4 aliphatic carbocycles. The number of fused-ring (bicyclic) bond motifs is 5. The van der Waals surface area contributed by atoms with Gasteiger partial charge < -0.3 is 0 Å². The molecule has 0 aromatic carbocycles. The molecule has 0 heteroatoms. The van der Waals surface area contributed by atoms with E-state index in [1.807, 2.05) is 0 Å². The zero-order valence-corrected chi connectivity index (χ0v) is 15.6. The van der Waals surface area contributed by atoms with Gasteiger partial charge in [0.05, 0.1) is 0 Å². The van der Waals surface area contributed by atoms with E-state index in [-0.39, 0.29) is 0 Å². The lowest BCUT2D eigenvalue weighted by molar-refractivity contribution is -0.00734. The summed E-state index contributed by atoms with van der Waals surface area (Å²) in [7, 11) is 0. The number of hydrogen-bond donors (Lipinski definition) is 0. The predicted molar refractivity (Wildman–Crippen MR) is 99.1 cm³/mol. The second-order valence-corrected chi connectivity index (χ2v) is 9.10. The Balaban J connectivity index is 1.65. The molecule has 0 amide bonds. The van der Waals surface area contributed by atoms with Gasteiger partial charge in [0.2, 0.25) is 0 Å². The van der Waals surface area contributed by atoms with Crippen LogP contribution in [0.3, 0.4) is 0 Å². The van der Waals surface area contributed by atoms with Crippen molar-refractivity contribution in [1.29, 1.82) is 0 Å². The van der Waals surface area contributed by atoms with E-state index in [1.54, 1.807) is 11.1 Å². The van der Waals surface area contributed by atoms with Gasteiger partial charge in [-0.2, -0.15) is 0 Å². The van der Waals surface area contributed by atoms with Gasteiger partial charge in [-0.05, 0) is 74.0 Å². The Kier molecular flexibility index (Phi) is 3.67. The number of allylic oxidation sites excluding steroid dienone is 6. The number of rotatable bonds is 2. The summed E-state index contributed by atoms with van der Waals surface area (Å²) < 4.78 is 0. The van der Waals surface area contributed by atoms with Gasteiger partial charge in [-0.3, -0.25) is 0 Å². The molecule has 2 saturated carbocycles. The number of hydrogen-bond acceptors (Lipinski definition) is 0. The summed E-state index contributed by atoms with van der Waals surface area (Å²) in [5, 5.41) is 0. The summed E-state index contributed by atoms with van der Waals surface area (Å²) in [5.41, 5.74) is 4.44. The Morgan fingerprint density at radius 2 is 1.96 bits per heavy atom. The first-order chi connectivity index (χ1) is 11.0. The minimum atomic E-state index is 0.366. The average molecular weight is 311 g/mol. The fourth-order valence-electron chi connectivity index (χ4n) is 6.85. The summed E-state index contributed by atoms with van der Waals surface area (Å²) in [6.07, 6.45) is 19.9. The van der Waals surface area contributed by atoms with E-state index < -0.39 is 0 Å². The van der Waals surface area contributed by atoms with E-state index in [2.05, 4.69) is 52.0 Å². The van der Waals surface area contributed by atoms with Gasteiger partial charge in [0, 0.05) is 5.41 Å². The van der Waals surface area contributed by atoms with Crippen LogP contribution in [-0.2, 0) is 0 Å². The Labute approximate surface area is 143 Å². The Morgan fingerprint density at radius 3 is 2.70 bits per heavy atom. The summed E-state index contributed by atoms with van der Waals surface area (Å²) in [6.45, 7) is 9.84. The first kappa shape index (κ1) is 15.7. The van der Waals surface area contributed by atoms with Crippen molar-refractivity contribution in [3.05, 3.63) is 35.5 Å². The molecule has 4 rings (SSSR count). The highest BCUT2D eigenvalue weighted by atomic mass is 14.6. The van der Waals surface area contributed by atoms with Crippen LogP contribution in [0.5, 0.6) is 0 Å². The average Bonchev–Trinajstić information content (AvgIpc) is 2.90. The minimum absolute atomic E-state index is 0.366. The highest BCUT2D eigenvalue weighted by Gasteiger charge is 2.55. The van der Waals surface area contributed by atoms with E-state index in [0.717, 1.165) is 17.8 Å². The standard InChI is InChI=1S/C23H34/c1-5-16-11-13-23(4)18(15-16)7-9-19-20-10-8-17(6-2)22(20,3)14-12-21(19)23/h8,11,13,15-16,19-21H,5-7,9-10,12,14H2,1-4H3/t16-,19?,20?,21?,22+,23-/m0/s1. The topological polar surface area (TPSA) is 0 Å². The van der Waals surface area contributed by atoms with Crippen molar-refractivity contribution >= 4 is 0 Å². The van der Waals surface area contributed by atoms with Crippen molar-refractivity contribution in [2.45, 2.75) is 72.6 Å². The van der Waals surface area contributed by atoms with Crippen molar-refractivity contribution in [3.63, 3.8) is 0 Å². The van der Waals surface area contributed by atoms with Crippen LogP contribution in [0.2, 0.25) is 0 Å². The van der Waals surface area contributed by atoms with Gasteiger partial charge in [0.1, 0.15) is 0 Å². The van der Waals surface area contributed by atoms with Crippen molar-refractivity contribution < 1.29 is 0 Å². The molecule has 0 N–H and O–H groups in total. The molecule has 2 fully saturated rings. The predicted octanol–water partition coefficient (Wildman–Crippen LogP) is 6.70. The van der Waals surface area contributed by atoms with Crippen molar-refractivity contribution in [3.8, 4) is 0 Å². The van der Waals surface area contributed by atoms with E-state index in [1.165, 1.54) is 44.9 Å². The lowest BCUT2D eigenvalue weighted by Crippen LogP contribution is -2.49. The molecule has 4 aliphatic rings. The van der Waals surface area contributed by atoms with Gasteiger partial charge in [-0.1, -0.05) is 63.1 Å². The van der Waals surface area contributed by atoms with Crippen LogP contribution in [0.4, 0.5) is 0 Å². The van der Waals surface area contributed by atoms with Gasteiger partial charge in [-0.25, -0.2) is 0 Å². The van der Waals surface area contributed by atoms with Crippen LogP contribution >= 0.6 is 0 Å². The van der Waals surface area contributed by atoms with E-state index in [9.17, 15) is 0 Å². The Bertz CT molecular complexity index is 577. The normalized spacial score (nSPS) is 48.2. The van der Waals surface area contributed by atoms with Crippen LogP contribution in [0.15, 0.2) is 35.5 Å². The van der Waals surface area contributed by atoms with Gasteiger partial charge >= 0.3 is 0 Å². The third kappa shape index (κ3) is 2.09. The fourth-order valence-corrected chi connectivity index (χ4v) is 6.85. The zero-order chi connectivity index (χ0) is 16.2. The third-order valence-corrected chi connectivity index (χ3v) is 8.34. The van der Waals surface area contributed by atoms with E-state index in [4.69, 9.17) is 0 Å². The molecule has 3 unspecified atom stereocenters. The summed E-state index contributed by atoms with van der Waals surface area (Å²) in [5.74, 6) is 3.45. The molecule has 0 radical (unpaired) electrons. The van der Waals surface area contributed by atoms with E-state index >= 15 is 0 Å². The molecule has 0 nitrogen and oxygen atoms in total.